The first-order chi connectivity index (χ1) is 17.0. The molecule has 2 unspecified atom stereocenters. The van der Waals surface area contributed by atoms with Crippen LogP contribution < -0.4 is 15.4 Å². The molecule has 3 aromatic rings. The largest absolute Gasteiger partial charge is 0.489 e. The number of nitrogens with two attached hydrogens (primary N) is 1. The van der Waals surface area contributed by atoms with E-state index >= 15 is 0 Å². The number of likely N-dealkylation sites (N-methyl/N-ethyl adjacent to an activating group) is 1. The molecule has 1 aliphatic rings. The van der Waals surface area contributed by atoms with Crippen LogP contribution in [0.25, 0.3) is 5.69 Å². The number of benzene rings is 2. The van der Waals surface area contributed by atoms with Crippen LogP contribution in [0.1, 0.15) is 65.4 Å². The number of carbonyl (C=O) groups excluding carboxylic acids is 1. The minimum atomic E-state index is -0.361. The van der Waals surface area contributed by atoms with Crippen molar-refractivity contribution in [1.82, 2.24) is 20.2 Å². The second kappa shape index (κ2) is 11.5. The Kier molecular flexibility index (Phi) is 8.66. The summed E-state index contributed by atoms with van der Waals surface area (Å²) in [5.74, 6) is 0.735. The third kappa shape index (κ3) is 6.80. The van der Waals surface area contributed by atoms with Gasteiger partial charge in [0.1, 0.15) is 17.9 Å². The smallest absolute Gasteiger partial charge is 0.222 e. The van der Waals surface area contributed by atoms with Crippen molar-refractivity contribution in [2.75, 3.05) is 11.9 Å². The zero-order valence-corrected chi connectivity index (χ0v) is 22.0. The van der Waals surface area contributed by atoms with E-state index in [2.05, 4.69) is 33.5 Å². The van der Waals surface area contributed by atoms with Gasteiger partial charge in [-0.3, -0.25) is 4.79 Å². The number of halogens is 1. The van der Waals surface area contributed by atoms with Crippen molar-refractivity contribution in [3.63, 3.8) is 0 Å². The van der Waals surface area contributed by atoms with Gasteiger partial charge in [-0.05, 0) is 73.0 Å². The molecule has 0 bridgehead atoms. The standard InChI is InChI=1S/C22H26FN5O.C5H11NO/c1-15(2)29-22-12-11-18(28-14-24-25-26-28)13-21(22)27(3)20-6-4-5-19(20)16-7-9-17(23)10-8-16;1-5(2,3)4(6)7/h7-15,19-20H,4-6H2,1-3H3;1-3H3,(H2,6,7). The first kappa shape index (κ1) is 27.1. The van der Waals surface area contributed by atoms with Crippen LogP contribution in [0.5, 0.6) is 5.75 Å². The molecule has 36 heavy (non-hydrogen) atoms. The number of ether oxygens (including phenoxy) is 1. The highest BCUT2D eigenvalue weighted by Crippen LogP contribution is 2.42. The predicted molar refractivity (Wildman–Crippen MR) is 139 cm³/mol. The van der Waals surface area contributed by atoms with Crippen LogP contribution in [0.15, 0.2) is 48.8 Å². The normalized spacial score (nSPS) is 17.4. The Morgan fingerprint density at radius 1 is 1.17 bits per heavy atom. The molecular weight excluding hydrogens is 459 g/mol. The molecule has 2 aromatic carbocycles. The number of tetrazole rings is 1. The van der Waals surface area contributed by atoms with Crippen LogP contribution in [0.2, 0.25) is 0 Å². The summed E-state index contributed by atoms with van der Waals surface area (Å²) >= 11 is 0. The van der Waals surface area contributed by atoms with E-state index in [4.69, 9.17) is 10.5 Å². The summed E-state index contributed by atoms with van der Waals surface area (Å²) in [6, 6.07) is 13.2. The summed E-state index contributed by atoms with van der Waals surface area (Å²) in [6.07, 6.45) is 4.96. The average Bonchev–Trinajstić information content (AvgIpc) is 3.51. The number of nitrogens with zero attached hydrogens (tertiary/aromatic N) is 5. The van der Waals surface area contributed by atoms with Gasteiger partial charge < -0.3 is 15.4 Å². The zero-order valence-electron chi connectivity index (χ0n) is 22.0. The molecule has 9 heteroatoms. The van der Waals surface area contributed by atoms with Crippen LogP contribution in [-0.4, -0.2) is 45.3 Å². The summed E-state index contributed by atoms with van der Waals surface area (Å²) < 4.78 is 21.1. The van der Waals surface area contributed by atoms with Crippen LogP contribution >= 0.6 is 0 Å². The van der Waals surface area contributed by atoms with Gasteiger partial charge in [-0.2, -0.15) is 0 Å². The quantitative estimate of drug-likeness (QED) is 0.522. The molecule has 0 saturated heterocycles. The third-order valence-electron chi connectivity index (χ3n) is 6.31. The number of hydrogen-bond donors (Lipinski definition) is 1. The van der Waals surface area contributed by atoms with Crippen molar-refractivity contribution in [1.29, 1.82) is 0 Å². The SMILES string of the molecule is CC(C)(C)C(N)=O.CC(C)Oc1ccc(-n2cnnn2)cc1N(C)C1CCCC1c1ccc(F)cc1. The van der Waals surface area contributed by atoms with Crippen molar-refractivity contribution in [2.45, 2.75) is 71.9 Å². The predicted octanol–water partition coefficient (Wildman–Crippen LogP) is 4.88. The molecule has 194 valence electrons. The summed E-state index contributed by atoms with van der Waals surface area (Å²) in [4.78, 5) is 12.5. The molecule has 2 atom stereocenters. The van der Waals surface area contributed by atoms with E-state index in [1.165, 1.54) is 5.56 Å². The lowest BCUT2D eigenvalue weighted by molar-refractivity contribution is -0.125. The van der Waals surface area contributed by atoms with Crippen molar-refractivity contribution in [2.24, 2.45) is 11.1 Å². The Morgan fingerprint density at radius 3 is 2.39 bits per heavy atom. The molecule has 4 rings (SSSR count). The highest BCUT2D eigenvalue weighted by Gasteiger charge is 2.33. The van der Waals surface area contributed by atoms with Crippen LogP contribution in [0, 0.1) is 11.2 Å². The molecule has 8 nitrogen and oxygen atoms in total. The fourth-order valence-electron chi connectivity index (χ4n) is 4.24. The summed E-state index contributed by atoms with van der Waals surface area (Å²) in [5, 5.41) is 11.5. The van der Waals surface area contributed by atoms with E-state index in [1.807, 2.05) is 38.1 Å². The molecule has 0 aliphatic heterocycles. The van der Waals surface area contributed by atoms with E-state index in [-0.39, 0.29) is 23.2 Å². The van der Waals surface area contributed by atoms with Gasteiger partial charge in [0.25, 0.3) is 0 Å². The monoisotopic (exact) mass is 496 g/mol. The molecule has 1 fully saturated rings. The number of amides is 1. The van der Waals surface area contributed by atoms with Gasteiger partial charge in [0.05, 0.1) is 17.5 Å². The number of carbonyl (C=O) groups is 1. The fourth-order valence-corrected chi connectivity index (χ4v) is 4.24. The first-order valence-corrected chi connectivity index (χ1v) is 12.3. The lowest BCUT2D eigenvalue weighted by Gasteiger charge is -2.33. The number of aromatic nitrogens is 4. The maximum absolute atomic E-state index is 13.4. The van der Waals surface area contributed by atoms with Crippen LogP contribution in [0.4, 0.5) is 10.1 Å². The zero-order chi connectivity index (χ0) is 26.5. The molecule has 0 radical (unpaired) electrons. The molecule has 1 aromatic heterocycles. The fraction of sp³-hybridized carbons (Fsp3) is 0.481. The van der Waals surface area contributed by atoms with E-state index < -0.39 is 0 Å². The van der Waals surface area contributed by atoms with Gasteiger partial charge in [-0.1, -0.05) is 39.3 Å². The summed E-state index contributed by atoms with van der Waals surface area (Å²) in [5.41, 5.74) is 7.64. The van der Waals surface area contributed by atoms with Crippen molar-refractivity contribution >= 4 is 11.6 Å². The number of rotatable bonds is 6. The van der Waals surface area contributed by atoms with Gasteiger partial charge >= 0.3 is 0 Å². The van der Waals surface area contributed by atoms with E-state index in [0.29, 0.717) is 12.0 Å². The maximum atomic E-state index is 13.4. The van der Waals surface area contributed by atoms with Gasteiger partial charge in [0.2, 0.25) is 5.91 Å². The summed E-state index contributed by atoms with van der Waals surface area (Å²) in [7, 11) is 2.11. The molecular formula is C27H37FN6O2. The highest BCUT2D eigenvalue weighted by atomic mass is 19.1. The minimum Gasteiger partial charge on any atom is -0.489 e. The first-order valence-electron chi connectivity index (χ1n) is 12.3. The lowest BCUT2D eigenvalue weighted by Crippen LogP contribution is -2.34. The van der Waals surface area contributed by atoms with Crippen molar-refractivity contribution < 1.29 is 13.9 Å². The van der Waals surface area contributed by atoms with E-state index in [9.17, 15) is 9.18 Å². The van der Waals surface area contributed by atoms with Crippen LogP contribution in [0.3, 0.4) is 0 Å². The van der Waals surface area contributed by atoms with Gasteiger partial charge in [0, 0.05) is 24.4 Å². The molecule has 1 amide bonds. The molecule has 1 heterocycles. The number of primary amides is 1. The number of hydrogen-bond acceptors (Lipinski definition) is 6. The molecule has 1 aliphatic carbocycles. The average molecular weight is 497 g/mol. The lowest BCUT2D eigenvalue weighted by atomic mass is 9.93. The second-order valence-corrected chi connectivity index (χ2v) is 10.5. The van der Waals surface area contributed by atoms with Crippen molar-refractivity contribution in [3.8, 4) is 11.4 Å². The van der Waals surface area contributed by atoms with Gasteiger partial charge in [-0.15, -0.1) is 5.10 Å². The Balaban J connectivity index is 0.000000454. The Hall–Kier alpha value is -3.49. The molecule has 0 spiro atoms. The summed E-state index contributed by atoms with van der Waals surface area (Å²) in [6.45, 7) is 9.41. The maximum Gasteiger partial charge on any atom is 0.222 e. The van der Waals surface area contributed by atoms with Crippen molar-refractivity contribution in [3.05, 3.63) is 60.2 Å². The Morgan fingerprint density at radius 2 is 1.83 bits per heavy atom. The third-order valence-corrected chi connectivity index (χ3v) is 6.31. The topological polar surface area (TPSA) is 99.2 Å². The van der Waals surface area contributed by atoms with E-state index in [0.717, 1.165) is 36.4 Å². The second-order valence-electron chi connectivity index (χ2n) is 10.5. The van der Waals surface area contributed by atoms with Gasteiger partial charge in [-0.25, -0.2) is 9.07 Å². The molecule has 1 saturated carbocycles. The minimum absolute atomic E-state index is 0.0671. The molecule has 2 N–H and O–H groups in total. The van der Waals surface area contributed by atoms with E-state index in [1.54, 1.807) is 43.9 Å². The van der Waals surface area contributed by atoms with Crippen LogP contribution in [-0.2, 0) is 4.79 Å². The Labute approximate surface area is 212 Å². The number of anilines is 1. The Bertz CT molecular complexity index is 1130. The van der Waals surface area contributed by atoms with Gasteiger partial charge in [0.15, 0.2) is 0 Å². The highest BCUT2D eigenvalue weighted by molar-refractivity contribution is 5.79.